The highest BCUT2D eigenvalue weighted by Crippen LogP contribution is 2.13. The molecule has 0 aliphatic heterocycles. The fourth-order valence-corrected chi connectivity index (χ4v) is 1.60. The summed E-state index contributed by atoms with van der Waals surface area (Å²) >= 11 is 0. The summed E-state index contributed by atoms with van der Waals surface area (Å²) < 4.78 is 5.13. The van der Waals surface area contributed by atoms with E-state index in [0.717, 1.165) is 11.3 Å². The maximum Gasteiger partial charge on any atom is 0.118 e. The first-order chi connectivity index (χ1) is 8.88. The van der Waals surface area contributed by atoms with Crippen LogP contribution in [0.3, 0.4) is 0 Å². The molecule has 0 fully saturated rings. The van der Waals surface area contributed by atoms with Crippen molar-refractivity contribution in [1.29, 1.82) is 0 Å². The molecular weight excluding hydrogens is 220 g/mol. The van der Waals surface area contributed by atoms with Gasteiger partial charge in [-0.05, 0) is 23.3 Å². The van der Waals surface area contributed by atoms with Crippen LogP contribution in [0.1, 0.15) is 5.56 Å². The second-order valence-corrected chi connectivity index (χ2v) is 3.90. The predicted molar refractivity (Wildman–Crippen MR) is 77.5 cm³/mol. The lowest BCUT2D eigenvalue weighted by atomic mass is 10.1. The highest BCUT2D eigenvalue weighted by molar-refractivity contribution is 5.56. The van der Waals surface area contributed by atoms with Crippen LogP contribution in [0, 0.1) is 0 Å². The van der Waals surface area contributed by atoms with E-state index in [9.17, 15) is 0 Å². The molecule has 18 heavy (non-hydrogen) atoms. The number of methoxy groups -OCH3 is 1. The molecule has 0 saturated heterocycles. The second kappa shape index (κ2) is 6.45. The summed E-state index contributed by atoms with van der Waals surface area (Å²) in [6.45, 7) is 0. The van der Waals surface area contributed by atoms with Crippen LogP contribution in [0.4, 0.5) is 0 Å². The average molecular weight is 236 g/mol. The van der Waals surface area contributed by atoms with Crippen molar-refractivity contribution in [2.45, 2.75) is 0 Å². The van der Waals surface area contributed by atoms with E-state index in [2.05, 4.69) is 24.3 Å². The maximum absolute atomic E-state index is 5.13. The molecule has 0 atom stereocenters. The molecule has 0 aromatic heterocycles. The van der Waals surface area contributed by atoms with Crippen LogP contribution in [-0.4, -0.2) is 7.11 Å². The van der Waals surface area contributed by atoms with E-state index in [1.165, 1.54) is 5.57 Å². The molecule has 0 N–H and O–H groups in total. The van der Waals surface area contributed by atoms with Crippen LogP contribution in [-0.2, 0) is 0 Å². The van der Waals surface area contributed by atoms with Crippen molar-refractivity contribution in [2.24, 2.45) is 0 Å². The molecular formula is C17H16O. The van der Waals surface area contributed by atoms with Crippen LogP contribution in [0.15, 0.2) is 78.4 Å². The molecule has 0 amide bonds. The van der Waals surface area contributed by atoms with Gasteiger partial charge in [0.1, 0.15) is 5.75 Å². The third kappa shape index (κ3) is 3.63. The third-order valence-electron chi connectivity index (χ3n) is 2.61. The van der Waals surface area contributed by atoms with E-state index in [1.54, 1.807) is 7.11 Å². The zero-order valence-corrected chi connectivity index (χ0v) is 10.4. The highest BCUT2D eigenvalue weighted by atomic mass is 16.5. The summed E-state index contributed by atoms with van der Waals surface area (Å²) in [6, 6.07) is 8.01. The van der Waals surface area contributed by atoms with Gasteiger partial charge in [0, 0.05) is 0 Å². The highest BCUT2D eigenvalue weighted by Gasteiger charge is 1.91. The minimum absolute atomic E-state index is 0.880. The summed E-state index contributed by atoms with van der Waals surface area (Å²) in [5.74, 6) is 0.880. The monoisotopic (exact) mass is 236 g/mol. The number of allylic oxidation sites excluding steroid dienone is 9. The second-order valence-electron chi connectivity index (χ2n) is 3.90. The topological polar surface area (TPSA) is 9.23 Å². The molecule has 90 valence electrons. The van der Waals surface area contributed by atoms with E-state index < -0.39 is 0 Å². The molecule has 1 heteroatoms. The summed E-state index contributed by atoms with van der Waals surface area (Å²) in [5.41, 5.74) is 2.33. The number of benzene rings is 1. The van der Waals surface area contributed by atoms with Crippen molar-refractivity contribution >= 4 is 6.08 Å². The van der Waals surface area contributed by atoms with E-state index in [4.69, 9.17) is 4.74 Å². The number of rotatable bonds is 3. The zero-order valence-electron chi connectivity index (χ0n) is 10.4. The summed E-state index contributed by atoms with van der Waals surface area (Å²) in [6.07, 6.45) is 18.5. The minimum atomic E-state index is 0.880. The van der Waals surface area contributed by atoms with E-state index in [1.807, 2.05) is 54.6 Å². The lowest BCUT2D eigenvalue weighted by Crippen LogP contribution is -1.81. The smallest absolute Gasteiger partial charge is 0.118 e. The Morgan fingerprint density at radius 3 is 2.33 bits per heavy atom. The number of hydrogen-bond donors (Lipinski definition) is 0. The van der Waals surface area contributed by atoms with Gasteiger partial charge in [0.2, 0.25) is 0 Å². The van der Waals surface area contributed by atoms with Crippen molar-refractivity contribution in [1.82, 2.24) is 0 Å². The molecule has 1 aromatic rings. The number of hydrogen-bond acceptors (Lipinski definition) is 1. The van der Waals surface area contributed by atoms with E-state index in [-0.39, 0.29) is 0 Å². The van der Waals surface area contributed by atoms with Gasteiger partial charge < -0.3 is 4.74 Å². The molecule has 0 saturated carbocycles. The van der Waals surface area contributed by atoms with Crippen LogP contribution in [0.2, 0.25) is 0 Å². The lowest BCUT2D eigenvalue weighted by molar-refractivity contribution is 0.415. The standard InChI is InChI=1S/C17H16O/c1-18-17-13-11-16(12-14-17)10-9-15-7-5-3-2-4-6-8-15/h2-14H,1H3/b3-2-,4-2?,5-3?,6-4-,7-5-,8-6?,10-9+,15-7?,15-8+. The molecule has 1 aromatic carbocycles. The van der Waals surface area contributed by atoms with Crippen LogP contribution >= 0.6 is 0 Å². The van der Waals surface area contributed by atoms with Crippen molar-refractivity contribution in [3.8, 4) is 5.75 Å². The molecule has 0 heterocycles. The predicted octanol–water partition coefficient (Wildman–Crippen LogP) is 4.32. The quantitative estimate of drug-likeness (QED) is 0.759. The molecule has 0 unspecified atom stereocenters. The Hall–Kier alpha value is -2.28. The SMILES string of the molecule is COc1ccc(/C=C/C2=C/C=C\C=C/C=C\2)cc1. The summed E-state index contributed by atoms with van der Waals surface area (Å²) in [7, 11) is 1.68. The van der Waals surface area contributed by atoms with Gasteiger partial charge in [-0.25, -0.2) is 0 Å². The van der Waals surface area contributed by atoms with Gasteiger partial charge in [-0.3, -0.25) is 0 Å². The average Bonchev–Trinajstić information content (AvgIpc) is 2.38. The van der Waals surface area contributed by atoms with Crippen molar-refractivity contribution in [3.63, 3.8) is 0 Å². The molecule has 1 aliphatic carbocycles. The maximum atomic E-state index is 5.13. The first kappa shape index (κ1) is 12.2. The Morgan fingerprint density at radius 1 is 0.833 bits per heavy atom. The van der Waals surface area contributed by atoms with E-state index in [0.29, 0.717) is 0 Å². The van der Waals surface area contributed by atoms with Gasteiger partial charge >= 0.3 is 0 Å². The Balaban J connectivity index is 2.09. The van der Waals surface area contributed by atoms with Crippen molar-refractivity contribution < 1.29 is 4.74 Å². The molecule has 0 radical (unpaired) electrons. The molecule has 0 bridgehead atoms. The summed E-state index contributed by atoms with van der Waals surface area (Å²) in [5, 5.41) is 0. The minimum Gasteiger partial charge on any atom is -0.497 e. The largest absolute Gasteiger partial charge is 0.497 e. The fraction of sp³-hybridized carbons (Fsp3) is 0.0588. The lowest BCUT2D eigenvalue weighted by Gasteiger charge is -1.99. The van der Waals surface area contributed by atoms with Gasteiger partial charge in [0.15, 0.2) is 0 Å². The van der Waals surface area contributed by atoms with Gasteiger partial charge in [-0.15, -0.1) is 0 Å². The van der Waals surface area contributed by atoms with Crippen LogP contribution in [0.25, 0.3) is 6.08 Å². The Bertz CT molecular complexity index is 525. The van der Waals surface area contributed by atoms with Crippen molar-refractivity contribution in [2.75, 3.05) is 7.11 Å². The van der Waals surface area contributed by atoms with Gasteiger partial charge in [0.25, 0.3) is 0 Å². The molecule has 0 spiro atoms. The Kier molecular flexibility index (Phi) is 4.37. The third-order valence-corrected chi connectivity index (χ3v) is 2.61. The van der Waals surface area contributed by atoms with Gasteiger partial charge in [-0.1, -0.05) is 66.8 Å². The normalized spacial score (nSPS) is 22.6. The molecule has 1 aliphatic rings. The first-order valence-electron chi connectivity index (χ1n) is 5.92. The Morgan fingerprint density at radius 2 is 1.56 bits per heavy atom. The van der Waals surface area contributed by atoms with Crippen LogP contribution < -0.4 is 4.74 Å². The van der Waals surface area contributed by atoms with Gasteiger partial charge in [-0.2, -0.15) is 0 Å². The van der Waals surface area contributed by atoms with E-state index >= 15 is 0 Å². The number of ether oxygens (including phenoxy) is 1. The molecule has 2 rings (SSSR count). The van der Waals surface area contributed by atoms with Gasteiger partial charge in [0.05, 0.1) is 7.11 Å². The summed E-state index contributed by atoms with van der Waals surface area (Å²) in [4.78, 5) is 0. The zero-order chi connectivity index (χ0) is 12.6. The Labute approximate surface area is 108 Å². The molecule has 1 nitrogen and oxygen atoms in total. The first-order valence-corrected chi connectivity index (χ1v) is 5.92. The fourth-order valence-electron chi connectivity index (χ4n) is 1.60. The van der Waals surface area contributed by atoms with Crippen molar-refractivity contribution in [3.05, 3.63) is 84.0 Å². The van der Waals surface area contributed by atoms with Crippen LogP contribution in [0.5, 0.6) is 5.75 Å².